The Morgan fingerprint density at radius 2 is 1.83 bits per heavy atom. The van der Waals surface area contributed by atoms with E-state index in [1.807, 2.05) is 0 Å². The molecule has 0 saturated heterocycles. The maximum absolute atomic E-state index is 5.31. The van der Waals surface area contributed by atoms with E-state index in [2.05, 4.69) is 24.7 Å². The molecule has 0 fully saturated rings. The highest BCUT2D eigenvalue weighted by Gasteiger charge is 1.86. The quantitative estimate of drug-likeness (QED) is 0.317. The van der Waals surface area contributed by atoms with Gasteiger partial charge in [0.25, 0.3) is 0 Å². The fourth-order valence-electron chi connectivity index (χ4n) is 0.842. The van der Waals surface area contributed by atoms with Gasteiger partial charge in [-0.05, 0) is 12.8 Å². The molecule has 0 bridgehead atoms. The van der Waals surface area contributed by atoms with Crippen LogP contribution < -0.4 is 10.9 Å². The van der Waals surface area contributed by atoms with Gasteiger partial charge in [0.15, 0.2) is 0 Å². The van der Waals surface area contributed by atoms with E-state index >= 15 is 0 Å². The second-order valence-corrected chi connectivity index (χ2v) is 2.86. The summed E-state index contributed by atoms with van der Waals surface area (Å²) in [5.41, 5.74) is 6.04. The van der Waals surface area contributed by atoms with Crippen molar-refractivity contribution in [2.45, 2.75) is 39.5 Å². The number of hydrogen-bond donors (Lipinski definition) is 2. The van der Waals surface area contributed by atoms with Crippen molar-refractivity contribution in [3.63, 3.8) is 0 Å². The summed E-state index contributed by atoms with van der Waals surface area (Å²) in [6, 6.07) is 0. The third-order valence-electron chi connectivity index (χ3n) is 1.57. The van der Waals surface area contributed by atoms with Crippen molar-refractivity contribution in [2.24, 2.45) is 0 Å². The maximum Gasteiger partial charge on any atom is 0.109 e. The van der Waals surface area contributed by atoms with Crippen molar-refractivity contribution in [3.05, 3.63) is 0 Å². The molecule has 0 aliphatic heterocycles. The third-order valence-corrected chi connectivity index (χ3v) is 1.57. The van der Waals surface area contributed by atoms with E-state index in [4.69, 9.17) is 4.74 Å². The molecular formula is C9H22N2O. The van der Waals surface area contributed by atoms with Gasteiger partial charge >= 0.3 is 0 Å². The highest BCUT2D eigenvalue weighted by Crippen LogP contribution is 1.92. The Labute approximate surface area is 75.8 Å². The lowest BCUT2D eigenvalue weighted by molar-refractivity contribution is 0.103. The van der Waals surface area contributed by atoms with Crippen LogP contribution in [-0.4, -0.2) is 19.9 Å². The average Bonchev–Trinajstić information content (AvgIpc) is 2.10. The summed E-state index contributed by atoms with van der Waals surface area (Å²) in [7, 11) is 0. The number of hydrogen-bond acceptors (Lipinski definition) is 3. The van der Waals surface area contributed by atoms with Gasteiger partial charge in [-0.25, -0.2) is 5.43 Å². The molecule has 0 saturated carbocycles. The van der Waals surface area contributed by atoms with Gasteiger partial charge in [0.1, 0.15) is 6.73 Å². The summed E-state index contributed by atoms with van der Waals surface area (Å²) < 4.78 is 5.31. The summed E-state index contributed by atoms with van der Waals surface area (Å²) in [6.07, 6.45) is 4.84. The molecular weight excluding hydrogens is 152 g/mol. The fourth-order valence-corrected chi connectivity index (χ4v) is 0.842. The number of rotatable bonds is 9. The molecule has 0 unspecified atom stereocenters. The molecule has 0 rings (SSSR count). The van der Waals surface area contributed by atoms with Gasteiger partial charge in [-0.15, -0.1) is 0 Å². The van der Waals surface area contributed by atoms with Gasteiger partial charge in [-0.2, -0.15) is 0 Å². The molecule has 0 atom stereocenters. The van der Waals surface area contributed by atoms with Crippen LogP contribution in [0.15, 0.2) is 0 Å². The van der Waals surface area contributed by atoms with Crippen LogP contribution in [0.25, 0.3) is 0 Å². The zero-order valence-corrected chi connectivity index (χ0v) is 8.36. The number of hydrazine groups is 1. The van der Waals surface area contributed by atoms with Crippen LogP contribution in [0.2, 0.25) is 0 Å². The molecule has 12 heavy (non-hydrogen) atoms. The topological polar surface area (TPSA) is 33.3 Å². The largest absolute Gasteiger partial charge is 0.365 e. The van der Waals surface area contributed by atoms with Crippen LogP contribution in [0.1, 0.15) is 39.5 Å². The van der Waals surface area contributed by atoms with E-state index in [0.717, 1.165) is 19.6 Å². The molecule has 0 heterocycles. The average molecular weight is 174 g/mol. The summed E-state index contributed by atoms with van der Waals surface area (Å²) in [4.78, 5) is 0. The van der Waals surface area contributed by atoms with Crippen molar-refractivity contribution >= 4 is 0 Å². The van der Waals surface area contributed by atoms with E-state index in [1.165, 1.54) is 19.3 Å². The van der Waals surface area contributed by atoms with Crippen LogP contribution >= 0.6 is 0 Å². The van der Waals surface area contributed by atoms with Gasteiger partial charge in [-0.3, -0.25) is 5.43 Å². The maximum atomic E-state index is 5.31. The molecule has 0 aliphatic carbocycles. The van der Waals surface area contributed by atoms with Crippen LogP contribution in [0.5, 0.6) is 0 Å². The Morgan fingerprint density at radius 3 is 2.50 bits per heavy atom. The lowest BCUT2D eigenvalue weighted by Crippen LogP contribution is -2.34. The lowest BCUT2D eigenvalue weighted by atomic mass is 10.3. The van der Waals surface area contributed by atoms with Gasteiger partial charge < -0.3 is 4.74 Å². The first-order valence-electron chi connectivity index (χ1n) is 4.95. The van der Waals surface area contributed by atoms with Gasteiger partial charge in [0, 0.05) is 13.2 Å². The first kappa shape index (κ1) is 11.9. The summed E-state index contributed by atoms with van der Waals surface area (Å²) >= 11 is 0. The standard InChI is InChI=1S/C9H22N2O/c1-3-5-6-8-12-9-11-10-7-4-2/h10-11H,3-9H2,1-2H3. The minimum atomic E-state index is 0.615. The van der Waals surface area contributed by atoms with Crippen LogP contribution in [0, 0.1) is 0 Å². The molecule has 0 aromatic heterocycles. The molecule has 74 valence electrons. The number of ether oxygens (including phenoxy) is 1. The molecule has 0 radical (unpaired) electrons. The van der Waals surface area contributed by atoms with Crippen LogP contribution in [0.4, 0.5) is 0 Å². The van der Waals surface area contributed by atoms with E-state index in [9.17, 15) is 0 Å². The molecule has 2 N–H and O–H groups in total. The molecule has 3 nitrogen and oxygen atoms in total. The van der Waals surface area contributed by atoms with E-state index < -0.39 is 0 Å². The smallest absolute Gasteiger partial charge is 0.109 e. The molecule has 0 aliphatic rings. The Bertz CT molecular complexity index is 68.9. The number of unbranched alkanes of at least 4 members (excludes halogenated alkanes) is 2. The Morgan fingerprint density at radius 1 is 1.00 bits per heavy atom. The Balaban J connectivity index is 2.73. The zero-order chi connectivity index (χ0) is 9.07. The van der Waals surface area contributed by atoms with Gasteiger partial charge in [-0.1, -0.05) is 26.7 Å². The monoisotopic (exact) mass is 174 g/mol. The Kier molecular flexibility index (Phi) is 10.8. The molecule has 0 spiro atoms. The van der Waals surface area contributed by atoms with E-state index in [0.29, 0.717) is 6.73 Å². The van der Waals surface area contributed by atoms with Crippen molar-refractivity contribution in [1.29, 1.82) is 0 Å². The molecule has 0 amide bonds. The normalized spacial score (nSPS) is 10.5. The van der Waals surface area contributed by atoms with Crippen molar-refractivity contribution in [1.82, 2.24) is 10.9 Å². The highest BCUT2D eigenvalue weighted by molar-refractivity contribution is 4.36. The van der Waals surface area contributed by atoms with Crippen LogP contribution in [0.3, 0.4) is 0 Å². The summed E-state index contributed by atoms with van der Waals surface area (Å²) in [5, 5.41) is 0. The van der Waals surface area contributed by atoms with Gasteiger partial charge in [0.2, 0.25) is 0 Å². The fraction of sp³-hybridized carbons (Fsp3) is 1.00. The van der Waals surface area contributed by atoms with Crippen molar-refractivity contribution < 1.29 is 4.74 Å². The first-order chi connectivity index (χ1) is 5.91. The molecule has 3 heteroatoms. The SMILES string of the molecule is CCCCCOCNNCCC. The second kappa shape index (κ2) is 10.9. The third kappa shape index (κ3) is 9.88. The zero-order valence-electron chi connectivity index (χ0n) is 8.36. The second-order valence-electron chi connectivity index (χ2n) is 2.86. The Hall–Kier alpha value is -0.120. The minimum Gasteiger partial charge on any atom is -0.365 e. The predicted molar refractivity (Wildman–Crippen MR) is 51.8 cm³/mol. The van der Waals surface area contributed by atoms with Gasteiger partial charge in [0.05, 0.1) is 0 Å². The van der Waals surface area contributed by atoms with E-state index in [1.54, 1.807) is 0 Å². The molecule has 0 aromatic rings. The molecule has 0 aromatic carbocycles. The summed E-state index contributed by atoms with van der Waals surface area (Å²) in [5.74, 6) is 0. The minimum absolute atomic E-state index is 0.615. The van der Waals surface area contributed by atoms with Crippen molar-refractivity contribution in [3.8, 4) is 0 Å². The van der Waals surface area contributed by atoms with Crippen molar-refractivity contribution in [2.75, 3.05) is 19.9 Å². The lowest BCUT2D eigenvalue weighted by Gasteiger charge is -2.06. The first-order valence-corrected chi connectivity index (χ1v) is 4.95. The number of nitrogens with one attached hydrogen (secondary N) is 2. The highest BCUT2D eigenvalue weighted by atomic mass is 16.5. The van der Waals surface area contributed by atoms with E-state index in [-0.39, 0.29) is 0 Å². The summed E-state index contributed by atoms with van der Waals surface area (Å²) in [6.45, 7) is 6.81. The predicted octanol–water partition coefficient (Wildman–Crippen LogP) is 1.65. The van der Waals surface area contributed by atoms with Crippen LogP contribution in [-0.2, 0) is 4.74 Å².